The van der Waals surface area contributed by atoms with Crippen LogP contribution >= 0.6 is 0 Å². The van der Waals surface area contributed by atoms with E-state index in [9.17, 15) is 20.1 Å². The van der Waals surface area contributed by atoms with Gasteiger partial charge in [0.25, 0.3) is 5.84 Å². The topological polar surface area (TPSA) is 107 Å². The Morgan fingerprint density at radius 3 is 2.47 bits per heavy atom. The molecule has 1 aliphatic heterocycles. The van der Waals surface area contributed by atoms with E-state index < -0.39 is 23.3 Å². The lowest BCUT2D eigenvalue weighted by Gasteiger charge is -2.40. The fourth-order valence-electron chi connectivity index (χ4n) is 2.15. The Morgan fingerprint density at radius 1 is 1.37 bits per heavy atom. The van der Waals surface area contributed by atoms with Crippen LogP contribution in [-0.2, 0) is 4.79 Å². The molecule has 3 unspecified atom stereocenters. The number of carboxylic acid groups (broad SMARTS) is 1. The van der Waals surface area contributed by atoms with Crippen molar-refractivity contribution in [2.45, 2.75) is 31.2 Å². The molecule has 0 aliphatic carbocycles. The van der Waals surface area contributed by atoms with E-state index >= 15 is 0 Å². The van der Waals surface area contributed by atoms with Crippen molar-refractivity contribution in [2.75, 3.05) is 0 Å². The van der Waals surface area contributed by atoms with Crippen LogP contribution in [0, 0.1) is 0 Å². The summed E-state index contributed by atoms with van der Waals surface area (Å²) >= 11 is 0. The number of amidine groups is 1. The number of carbonyl (C=O) groups excluding carboxylic acids is 1. The van der Waals surface area contributed by atoms with Crippen LogP contribution in [0.25, 0.3) is 0 Å². The minimum atomic E-state index is -1.79. The summed E-state index contributed by atoms with van der Waals surface area (Å²) < 4.78 is 0. The van der Waals surface area contributed by atoms with Crippen LogP contribution < -0.4 is 15.4 Å². The van der Waals surface area contributed by atoms with Gasteiger partial charge in [0.1, 0.15) is 0 Å². The highest BCUT2D eigenvalue weighted by molar-refractivity contribution is 5.96. The molecule has 19 heavy (non-hydrogen) atoms. The smallest absolute Gasteiger partial charge is 0.278 e. The zero-order chi connectivity index (χ0) is 14.3. The summed E-state index contributed by atoms with van der Waals surface area (Å²) in [6, 6.07) is 8.87. The lowest BCUT2D eigenvalue weighted by atomic mass is 9.86. The third-order valence-corrected chi connectivity index (χ3v) is 3.33. The molecule has 0 spiro atoms. The second-order valence-electron chi connectivity index (χ2n) is 5.03. The van der Waals surface area contributed by atoms with Crippen LogP contribution in [0.1, 0.15) is 19.4 Å². The molecule has 1 heterocycles. The van der Waals surface area contributed by atoms with Crippen LogP contribution in [-0.4, -0.2) is 39.4 Å². The first-order valence-electron chi connectivity index (χ1n) is 5.88. The molecule has 0 saturated heterocycles. The number of nitrogens with one attached hydrogen (secondary N) is 2. The van der Waals surface area contributed by atoms with Crippen LogP contribution in [0.15, 0.2) is 30.3 Å². The van der Waals surface area contributed by atoms with Crippen molar-refractivity contribution in [1.82, 2.24) is 5.32 Å². The zero-order valence-corrected chi connectivity index (χ0v) is 10.7. The molecule has 4 N–H and O–H groups in total. The molecule has 0 radical (unpaired) electrons. The summed E-state index contributed by atoms with van der Waals surface area (Å²) in [5, 5.41) is 34.1. The van der Waals surface area contributed by atoms with Crippen molar-refractivity contribution < 1.29 is 25.1 Å². The lowest BCUT2D eigenvalue weighted by Crippen LogP contribution is -3.01. The second-order valence-corrected chi connectivity index (χ2v) is 5.03. The van der Waals surface area contributed by atoms with E-state index in [2.05, 4.69) is 10.3 Å². The Labute approximate surface area is 110 Å². The average Bonchev–Trinajstić information content (AvgIpc) is 2.36. The molecule has 102 valence electrons. The van der Waals surface area contributed by atoms with Crippen molar-refractivity contribution >= 4 is 11.8 Å². The molecule has 0 bridgehead atoms. The first-order valence-corrected chi connectivity index (χ1v) is 5.88. The Morgan fingerprint density at radius 2 is 1.95 bits per heavy atom. The molecule has 0 amide bonds. The number of aliphatic carboxylic acids is 1. The van der Waals surface area contributed by atoms with Crippen LogP contribution in [0.4, 0.5) is 0 Å². The molecule has 1 aliphatic rings. The Kier molecular flexibility index (Phi) is 3.07. The third-order valence-electron chi connectivity index (χ3n) is 3.33. The Bertz CT molecular complexity index is 527. The van der Waals surface area contributed by atoms with Crippen molar-refractivity contribution in [3.05, 3.63) is 35.9 Å². The van der Waals surface area contributed by atoms with E-state index in [0.29, 0.717) is 11.4 Å². The van der Waals surface area contributed by atoms with Crippen molar-refractivity contribution in [1.29, 1.82) is 0 Å². The molecule has 1 aromatic rings. The van der Waals surface area contributed by atoms with E-state index in [1.54, 1.807) is 24.3 Å². The van der Waals surface area contributed by atoms with E-state index in [4.69, 9.17) is 0 Å². The van der Waals surface area contributed by atoms with Gasteiger partial charge in [-0.2, -0.15) is 0 Å². The minimum Gasteiger partial charge on any atom is -0.545 e. The largest absolute Gasteiger partial charge is 0.545 e. The zero-order valence-electron chi connectivity index (χ0n) is 10.7. The van der Waals surface area contributed by atoms with Gasteiger partial charge in [-0.05, 0) is 19.1 Å². The van der Waals surface area contributed by atoms with Crippen LogP contribution in [0.3, 0.4) is 0 Å². The van der Waals surface area contributed by atoms with Gasteiger partial charge in [-0.15, -0.1) is 0 Å². The van der Waals surface area contributed by atoms with Crippen molar-refractivity contribution in [3.63, 3.8) is 0 Å². The Balaban J connectivity index is 2.54. The van der Waals surface area contributed by atoms with E-state index in [1.807, 2.05) is 6.07 Å². The standard InChI is InChI=1S/C13H16N2O4/c1-12(11(17)18)10(16)13(2,19)15-9(14-12)8-6-4-3-5-7-8/h3-7,10,16,19H,1-2H3,(H,14,15)(H,17,18). The predicted molar refractivity (Wildman–Crippen MR) is 64.7 cm³/mol. The summed E-state index contributed by atoms with van der Waals surface area (Å²) in [5.41, 5.74) is -2.91. The van der Waals surface area contributed by atoms with E-state index in [0.717, 1.165) is 0 Å². The third kappa shape index (κ3) is 2.20. The van der Waals surface area contributed by atoms with Gasteiger partial charge in [0, 0.05) is 6.92 Å². The predicted octanol–water partition coefficient (Wildman–Crippen LogP) is -3.30. The number of hydrogen-bond donors (Lipinski definition) is 4. The lowest BCUT2D eigenvalue weighted by molar-refractivity contribution is -0.577. The highest BCUT2D eigenvalue weighted by Crippen LogP contribution is 2.18. The highest BCUT2D eigenvalue weighted by atomic mass is 16.4. The fourth-order valence-corrected chi connectivity index (χ4v) is 2.15. The first kappa shape index (κ1) is 13.5. The van der Waals surface area contributed by atoms with Gasteiger partial charge in [-0.25, -0.2) is 5.32 Å². The number of aliphatic hydroxyl groups is 2. The quantitative estimate of drug-likeness (QED) is 0.447. The normalized spacial score (nSPS) is 34.3. The van der Waals surface area contributed by atoms with Crippen LogP contribution in [0.2, 0.25) is 0 Å². The summed E-state index contributed by atoms with van der Waals surface area (Å²) in [6.07, 6.45) is -1.57. The molecule has 0 fully saturated rings. The van der Waals surface area contributed by atoms with Crippen molar-refractivity contribution in [2.24, 2.45) is 0 Å². The molecule has 1 aromatic carbocycles. The maximum absolute atomic E-state index is 11.3. The molecule has 6 nitrogen and oxygen atoms in total. The maximum atomic E-state index is 11.3. The van der Waals surface area contributed by atoms with E-state index in [-0.39, 0.29) is 0 Å². The summed E-state index contributed by atoms with van der Waals surface area (Å²) in [7, 11) is 0. The van der Waals surface area contributed by atoms with Crippen molar-refractivity contribution in [3.8, 4) is 0 Å². The van der Waals surface area contributed by atoms with Gasteiger partial charge in [0.05, 0.1) is 11.5 Å². The van der Waals surface area contributed by atoms with Gasteiger partial charge >= 0.3 is 0 Å². The number of benzene rings is 1. The van der Waals surface area contributed by atoms with Gasteiger partial charge in [-0.1, -0.05) is 18.2 Å². The molecule has 0 aromatic heterocycles. The molecular formula is C13H16N2O4. The monoisotopic (exact) mass is 264 g/mol. The number of carbonyl (C=O) groups is 1. The van der Waals surface area contributed by atoms with Gasteiger partial charge in [0.15, 0.2) is 11.6 Å². The summed E-state index contributed by atoms with van der Waals surface area (Å²) in [6.45, 7) is 2.58. The van der Waals surface area contributed by atoms with E-state index in [1.165, 1.54) is 13.8 Å². The SMILES string of the molecule is CC1(O)NC(c2ccccc2)=[NH+]C(C)(C(=O)[O-])C1O. The molecular weight excluding hydrogens is 248 g/mol. The molecule has 2 rings (SSSR count). The highest BCUT2D eigenvalue weighted by Gasteiger charge is 2.54. The van der Waals surface area contributed by atoms with Gasteiger partial charge in [0.2, 0.25) is 5.72 Å². The fraction of sp³-hybridized carbons (Fsp3) is 0.385. The summed E-state index contributed by atoms with van der Waals surface area (Å²) in [4.78, 5) is 13.9. The minimum absolute atomic E-state index is 0.322. The maximum Gasteiger partial charge on any atom is 0.278 e. The number of rotatable bonds is 2. The molecule has 6 heteroatoms. The number of aliphatic hydroxyl groups excluding tert-OH is 1. The second kappa shape index (κ2) is 4.32. The molecule has 3 atom stereocenters. The Hall–Kier alpha value is -1.92. The van der Waals surface area contributed by atoms with Gasteiger partial charge in [-0.3, -0.25) is 4.99 Å². The number of hydrogen-bond acceptors (Lipinski definition) is 5. The van der Waals surface area contributed by atoms with Crippen LogP contribution in [0.5, 0.6) is 0 Å². The first-order chi connectivity index (χ1) is 8.77. The average molecular weight is 264 g/mol. The molecule has 0 saturated carbocycles. The summed E-state index contributed by atoms with van der Waals surface area (Å²) in [5.74, 6) is -1.17. The van der Waals surface area contributed by atoms with Gasteiger partial charge < -0.3 is 20.1 Å². The number of carboxylic acids is 1.